The summed E-state index contributed by atoms with van der Waals surface area (Å²) in [6.07, 6.45) is 1.04. The maximum Gasteiger partial charge on any atom is 0.129 e. The Kier molecular flexibility index (Phi) is 2.71. The molecule has 1 unspecified atom stereocenters. The van der Waals surface area contributed by atoms with Gasteiger partial charge >= 0.3 is 0 Å². The number of hydrogen-bond acceptors (Lipinski definition) is 2. The molecule has 1 saturated heterocycles. The summed E-state index contributed by atoms with van der Waals surface area (Å²) in [6.45, 7) is 0.576. The van der Waals surface area contributed by atoms with Crippen LogP contribution in [0.5, 0.6) is 0 Å². The molecule has 0 aromatic heterocycles. The van der Waals surface area contributed by atoms with Crippen molar-refractivity contribution in [3.8, 4) is 0 Å². The van der Waals surface area contributed by atoms with Crippen LogP contribution in [0, 0.1) is 11.6 Å². The van der Waals surface area contributed by atoms with E-state index < -0.39 is 17.2 Å². The van der Waals surface area contributed by atoms with E-state index in [1.165, 1.54) is 0 Å². The Hall–Kier alpha value is -1.00. The van der Waals surface area contributed by atoms with Gasteiger partial charge in [-0.25, -0.2) is 8.78 Å². The van der Waals surface area contributed by atoms with E-state index in [9.17, 15) is 13.9 Å². The van der Waals surface area contributed by atoms with Gasteiger partial charge in [-0.05, 0) is 31.0 Å². The summed E-state index contributed by atoms with van der Waals surface area (Å²) in [4.78, 5) is 0. The van der Waals surface area contributed by atoms with Crippen LogP contribution in [-0.2, 0) is 10.3 Å². The summed E-state index contributed by atoms with van der Waals surface area (Å²) in [5, 5.41) is 10.1. The monoisotopic (exact) mass is 214 g/mol. The lowest BCUT2D eigenvalue weighted by molar-refractivity contribution is -0.0922. The Balaban J connectivity index is 2.38. The van der Waals surface area contributed by atoms with Gasteiger partial charge in [-0.1, -0.05) is 0 Å². The van der Waals surface area contributed by atoms with Crippen LogP contribution in [0.3, 0.4) is 0 Å². The molecular formula is C11H12F2O2. The molecule has 0 amide bonds. The molecule has 0 aliphatic carbocycles. The molecule has 1 aromatic carbocycles. The van der Waals surface area contributed by atoms with Crippen LogP contribution in [0.15, 0.2) is 18.2 Å². The molecule has 1 atom stereocenters. The fourth-order valence-corrected chi connectivity index (χ4v) is 1.85. The highest BCUT2D eigenvalue weighted by atomic mass is 19.1. The predicted molar refractivity (Wildman–Crippen MR) is 50.3 cm³/mol. The third-order valence-corrected chi connectivity index (χ3v) is 2.65. The molecule has 1 fully saturated rings. The normalized spacial score (nSPS) is 26.6. The van der Waals surface area contributed by atoms with E-state index in [-0.39, 0.29) is 12.2 Å². The van der Waals surface area contributed by atoms with Gasteiger partial charge in [0.2, 0.25) is 0 Å². The molecule has 0 bridgehead atoms. The van der Waals surface area contributed by atoms with Gasteiger partial charge in [0.1, 0.15) is 17.2 Å². The standard InChI is InChI=1S/C11H12F2O2/c12-8-2-3-10(13)9(6-8)11(14)4-1-5-15-7-11/h2-3,6,14H,1,4-5,7H2. The average Bonchev–Trinajstić information content (AvgIpc) is 2.23. The molecule has 1 N–H and O–H groups in total. The molecule has 0 saturated carbocycles. The fourth-order valence-electron chi connectivity index (χ4n) is 1.85. The van der Waals surface area contributed by atoms with Gasteiger partial charge in [0.05, 0.1) is 6.61 Å². The van der Waals surface area contributed by atoms with E-state index in [0.717, 1.165) is 18.2 Å². The SMILES string of the molecule is OC1(c2cc(F)ccc2F)CCCOC1. The number of rotatable bonds is 1. The van der Waals surface area contributed by atoms with Crippen molar-refractivity contribution in [1.82, 2.24) is 0 Å². The van der Waals surface area contributed by atoms with Gasteiger partial charge < -0.3 is 9.84 Å². The first-order chi connectivity index (χ1) is 7.12. The van der Waals surface area contributed by atoms with E-state index in [1.54, 1.807) is 0 Å². The quantitative estimate of drug-likeness (QED) is 0.774. The maximum absolute atomic E-state index is 13.4. The summed E-state index contributed by atoms with van der Waals surface area (Å²) in [5.41, 5.74) is -1.40. The number of ether oxygens (including phenoxy) is 1. The minimum Gasteiger partial charge on any atom is -0.383 e. The summed E-state index contributed by atoms with van der Waals surface area (Å²) in [7, 11) is 0. The van der Waals surface area contributed by atoms with Crippen molar-refractivity contribution < 1.29 is 18.6 Å². The zero-order chi connectivity index (χ0) is 10.9. The van der Waals surface area contributed by atoms with Crippen molar-refractivity contribution in [2.75, 3.05) is 13.2 Å². The van der Waals surface area contributed by atoms with Crippen molar-refractivity contribution in [3.63, 3.8) is 0 Å². The molecule has 0 radical (unpaired) electrons. The topological polar surface area (TPSA) is 29.5 Å². The van der Waals surface area contributed by atoms with Gasteiger partial charge in [0.15, 0.2) is 0 Å². The summed E-state index contributed by atoms with van der Waals surface area (Å²) >= 11 is 0. The average molecular weight is 214 g/mol. The Morgan fingerprint density at radius 1 is 1.33 bits per heavy atom. The van der Waals surface area contributed by atoms with Crippen LogP contribution in [0.25, 0.3) is 0 Å². The third kappa shape index (κ3) is 2.01. The highest BCUT2D eigenvalue weighted by molar-refractivity contribution is 5.25. The minimum absolute atomic E-state index is 0.0119. The Morgan fingerprint density at radius 3 is 2.80 bits per heavy atom. The fraction of sp³-hybridized carbons (Fsp3) is 0.455. The molecule has 1 aliphatic rings. The van der Waals surface area contributed by atoms with Crippen molar-refractivity contribution >= 4 is 0 Å². The Morgan fingerprint density at radius 2 is 2.13 bits per heavy atom. The second-order valence-electron chi connectivity index (χ2n) is 3.81. The van der Waals surface area contributed by atoms with Crippen LogP contribution in [0.4, 0.5) is 8.78 Å². The van der Waals surface area contributed by atoms with Crippen LogP contribution in [0.1, 0.15) is 18.4 Å². The van der Waals surface area contributed by atoms with Gasteiger partial charge in [0, 0.05) is 12.2 Å². The lowest BCUT2D eigenvalue weighted by atomic mass is 9.88. The zero-order valence-electron chi connectivity index (χ0n) is 8.17. The summed E-state index contributed by atoms with van der Waals surface area (Å²) in [6, 6.07) is 3.09. The van der Waals surface area contributed by atoms with Crippen molar-refractivity contribution in [2.24, 2.45) is 0 Å². The number of aliphatic hydroxyl groups is 1. The molecule has 4 heteroatoms. The summed E-state index contributed by atoms with van der Waals surface area (Å²) in [5.74, 6) is -1.14. The molecule has 2 rings (SSSR count). The van der Waals surface area contributed by atoms with Crippen LogP contribution in [-0.4, -0.2) is 18.3 Å². The van der Waals surface area contributed by atoms with E-state index in [4.69, 9.17) is 4.74 Å². The lowest BCUT2D eigenvalue weighted by Gasteiger charge is -2.32. The van der Waals surface area contributed by atoms with Gasteiger partial charge in [-0.15, -0.1) is 0 Å². The van der Waals surface area contributed by atoms with Crippen LogP contribution >= 0.6 is 0 Å². The Labute approximate surface area is 86.5 Å². The van der Waals surface area contributed by atoms with E-state index in [0.29, 0.717) is 19.4 Å². The highest BCUT2D eigenvalue weighted by Crippen LogP contribution is 2.32. The molecule has 2 nitrogen and oxygen atoms in total. The first-order valence-corrected chi connectivity index (χ1v) is 4.87. The predicted octanol–water partition coefficient (Wildman–Crippen LogP) is 1.96. The highest BCUT2D eigenvalue weighted by Gasteiger charge is 2.34. The van der Waals surface area contributed by atoms with E-state index in [1.807, 2.05) is 0 Å². The third-order valence-electron chi connectivity index (χ3n) is 2.65. The molecule has 0 spiro atoms. The Bertz CT molecular complexity index is 360. The first kappa shape index (κ1) is 10.5. The van der Waals surface area contributed by atoms with E-state index in [2.05, 4.69) is 0 Å². The molecule has 1 heterocycles. The van der Waals surface area contributed by atoms with Gasteiger partial charge in [0.25, 0.3) is 0 Å². The smallest absolute Gasteiger partial charge is 0.129 e. The molecule has 15 heavy (non-hydrogen) atoms. The van der Waals surface area contributed by atoms with Gasteiger partial charge in [-0.3, -0.25) is 0 Å². The van der Waals surface area contributed by atoms with Crippen LogP contribution in [0.2, 0.25) is 0 Å². The van der Waals surface area contributed by atoms with Crippen molar-refractivity contribution in [3.05, 3.63) is 35.4 Å². The lowest BCUT2D eigenvalue weighted by Crippen LogP contribution is -2.36. The zero-order valence-corrected chi connectivity index (χ0v) is 8.17. The molecular weight excluding hydrogens is 202 g/mol. The number of benzene rings is 1. The molecule has 1 aromatic rings. The second kappa shape index (κ2) is 3.87. The second-order valence-corrected chi connectivity index (χ2v) is 3.81. The van der Waals surface area contributed by atoms with E-state index >= 15 is 0 Å². The van der Waals surface area contributed by atoms with Gasteiger partial charge in [-0.2, -0.15) is 0 Å². The molecule has 82 valence electrons. The first-order valence-electron chi connectivity index (χ1n) is 4.87. The number of halogens is 2. The minimum atomic E-state index is -1.38. The number of hydrogen-bond donors (Lipinski definition) is 1. The maximum atomic E-state index is 13.4. The van der Waals surface area contributed by atoms with Crippen molar-refractivity contribution in [1.29, 1.82) is 0 Å². The van der Waals surface area contributed by atoms with Crippen molar-refractivity contribution in [2.45, 2.75) is 18.4 Å². The molecule has 1 aliphatic heterocycles. The summed E-state index contributed by atoms with van der Waals surface area (Å²) < 4.78 is 31.5. The largest absolute Gasteiger partial charge is 0.383 e. The van der Waals surface area contributed by atoms with Crippen LogP contribution < -0.4 is 0 Å².